The average molecular weight is 392 g/mol. The van der Waals surface area contributed by atoms with Gasteiger partial charge >= 0.3 is 0 Å². The van der Waals surface area contributed by atoms with Crippen molar-refractivity contribution in [1.29, 1.82) is 0 Å². The monoisotopic (exact) mass is 391 g/mol. The van der Waals surface area contributed by atoms with Crippen LogP contribution in [0.2, 0.25) is 0 Å². The van der Waals surface area contributed by atoms with Crippen molar-refractivity contribution in [1.82, 2.24) is 19.8 Å². The Morgan fingerprint density at radius 3 is 2.79 bits per heavy atom. The van der Waals surface area contributed by atoms with Crippen LogP contribution in [0.1, 0.15) is 30.0 Å². The number of aromatic nitrogens is 2. The normalized spacial score (nSPS) is 17.7. The molecular formula is C23H29N5O. The Bertz CT molecular complexity index is 1010. The van der Waals surface area contributed by atoms with Gasteiger partial charge in [0.05, 0.1) is 24.2 Å². The quantitative estimate of drug-likeness (QED) is 0.547. The summed E-state index contributed by atoms with van der Waals surface area (Å²) in [5, 5.41) is 3.45. The summed E-state index contributed by atoms with van der Waals surface area (Å²) in [6.45, 7) is 7.92. The molecule has 0 spiro atoms. The van der Waals surface area contributed by atoms with Gasteiger partial charge in [-0.05, 0) is 37.1 Å². The molecule has 6 heteroatoms. The number of fused-ring (bicyclic) bond motifs is 1. The number of aliphatic imine (C=N–C) groups is 1. The number of para-hydroxylation sites is 2. The first-order valence-electron chi connectivity index (χ1n) is 10.3. The van der Waals surface area contributed by atoms with Gasteiger partial charge in [0.2, 0.25) is 0 Å². The highest BCUT2D eigenvalue weighted by Gasteiger charge is 2.25. The van der Waals surface area contributed by atoms with Gasteiger partial charge in [-0.2, -0.15) is 0 Å². The van der Waals surface area contributed by atoms with Crippen molar-refractivity contribution in [2.24, 2.45) is 12.0 Å². The molecule has 1 fully saturated rings. The number of morpholine rings is 1. The number of benzene rings is 2. The number of hydrogen-bond donors (Lipinski definition) is 1. The number of ether oxygens (including phenoxy) is 1. The summed E-state index contributed by atoms with van der Waals surface area (Å²) in [5.74, 6) is 1.88. The van der Waals surface area contributed by atoms with E-state index in [1.165, 1.54) is 11.1 Å². The maximum atomic E-state index is 6.08. The second kappa shape index (κ2) is 8.66. The highest BCUT2D eigenvalue weighted by molar-refractivity contribution is 5.80. The molecule has 1 saturated heterocycles. The van der Waals surface area contributed by atoms with Crippen LogP contribution in [0.4, 0.5) is 0 Å². The fourth-order valence-corrected chi connectivity index (χ4v) is 3.89. The van der Waals surface area contributed by atoms with Crippen molar-refractivity contribution < 1.29 is 4.74 Å². The lowest BCUT2D eigenvalue weighted by atomic mass is 10.0. The summed E-state index contributed by atoms with van der Waals surface area (Å²) < 4.78 is 8.21. The molecule has 1 aliphatic rings. The van der Waals surface area contributed by atoms with Gasteiger partial charge < -0.3 is 19.5 Å². The van der Waals surface area contributed by atoms with Crippen LogP contribution >= 0.6 is 0 Å². The summed E-state index contributed by atoms with van der Waals surface area (Å²) in [6, 6.07) is 16.7. The van der Waals surface area contributed by atoms with Crippen molar-refractivity contribution in [2.75, 3.05) is 26.2 Å². The first-order chi connectivity index (χ1) is 14.2. The lowest BCUT2D eigenvalue weighted by Gasteiger charge is -2.35. The van der Waals surface area contributed by atoms with E-state index in [1.54, 1.807) is 0 Å². The summed E-state index contributed by atoms with van der Waals surface area (Å²) >= 11 is 0. The molecule has 1 aliphatic heterocycles. The molecule has 1 unspecified atom stereocenters. The van der Waals surface area contributed by atoms with Crippen molar-refractivity contribution in [2.45, 2.75) is 26.5 Å². The van der Waals surface area contributed by atoms with E-state index >= 15 is 0 Å². The second-order valence-corrected chi connectivity index (χ2v) is 7.41. The number of hydrogen-bond acceptors (Lipinski definition) is 3. The molecule has 0 bridgehead atoms. The van der Waals surface area contributed by atoms with Gasteiger partial charge in [-0.25, -0.2) is 9.98 Å². The Balaban J connectivity index is 1.54. The summed E-state index contributed by atoms with van der Waals surface area (Å²) in [7, 11) is 2.05. The van der Waals surface area contributed by atoms with Gasteiger partial charge in [0.25, 0.3) is 0 Å². The Morgan fingerprint density at radius 2 is 2.00 bits per heavy atom. The minimum atomic E-state index is 0.0598. The molecule has 4 rings (SSSR count). The van der Waals surface area contributed by atoms with Crippen molar-refractivity contribution in [3.05, 3.63) is 65.5 Å². The predicted molar refractivity (Wildman–Crippen MR) is 117 cm³/mol. The van der Waals surface area contributed by atoms with Crippen LogP contribution in [-0.2, 0) is 18.3 Å². The molecule has 2 heterocycles. The van der Waals surface area contributed by atoms with E-state index in [2.05, 4.69) is 66.0 Å². The van der Waals surface area contributed by atoms with Gasteiger partial charge in [0.1, 0.15) is 18.5 Å². The van der Waals surface area contributed by atoms with E-state index in [1.807, 2.05) is 18.2 Å². The van der Waals surface area contributed by atoms with Crippen LogP contribution < -0.4 is 5.32 Å². The van der Waals surface area contributed by atoms with Gasteiger partial charge in [0.15, 0.2) is 5.96 Å². The smallest absolute Gasteiger partial charge is 0.194 e. The molecule has 6 nitrogen and oxygen atoms in total. The molecule has 1 aromatic heterocycles. The molecular weight excluding hydrogens is 362 g/mol. The van der Waals surface area contributed by atoms with E-state index in [-0.39, 0.29) is 6.10 Å². The SMILES string of the molecule is CCNC(=NCc1nc2ccccc2n1C)N1CCOC(c2ccccc2C)C1. The fourth-order valence-electron chi connectivity index (χ4n) is 3.89. The molecule has 29 heavy (non-hydrogen) atoms. The summed E-state index contributed by atoms with van der Waals surface area (Å²) in [5.41, 5.74) is 4.66. The fraction of sp³-hybridized carbons (Fsp3) is 0.391. The number of rotatable bonds is 4. The average Bonchev–Trinajstić information content (AvgIpc) is 3.07. The van der Waals surface area contributed by atoms with Crippen molar-refractivity contribution in [3.8, 4) is 0 Å². The largest absolute Gasteiger partial charge is 0.370 e. The number of nitrogens with zero attached hydrogens (tertiary/aromatic N) is 4. The Hall–Kier alpha value is -2.86. The second-order valence-electron chi connectivity index (χ2n) is 7.41. The van der Waals surface area contributed by atoms with E-state index < -0.39 is 0 Å². The van der Waals surface area contributed by atoms with Crippen molar-refractivity contribution in [3.63, 3.8) is 0 Å². The lowest BCUT2D eigenvalue weighted by molar-refractivity contribution is -0.00834. The minimum Gasteiger partial charge on any atom is -0.370 e. The third kappa shape index (κ3) is 4.12. The topological polar surface area (TPSA) is 54.7 Å². The summed E-state index contributed by atoms with van der Waals surface area (Å²) in [6.07, 6.45) is 0.0598. The maximum Gasteiger partial charge on any atom is 0.194 e. The third-order valence-corrected chi connectivity index (χ3v) is 5.49. The number of nitrogens with one attached hydrogen (secondary N) is 1. The van der Waals surface area contributed by atoms with Crippen LogP contribution in [0.3, 0.4) is 0 Å². The van der Waals surface area contributed by atoms with Crippen molar-refractivity contribution >= 4 is 17.0 Å². The lowest BCUT2D eigenvalue weighted by Crippen LogP contribution is -2.48. The van der Waals surface area contributed by atoms with Crippen LogP contribution in [0, 0.1) is 6.92 Å². The Morgan fingerprint density at radius 1 is 1.21 bits per heavy atom. The van der Waals surface area contributed by atoms with Gasteiger partial charge in [-0.1, -0.05) is 36.4 Å². The molecule has 0 amide bonds. The zero-order valence-electron chi connectivity index (χ0n) is 17.4. The van der Waals surface area contributed by atoms with Gasteiger partial charge in [-0.15, -0.1) is 0 Å². The molecule has 3 aromatic rings. The van der Waals surface area contributed by atoms with E-state index in [0.717, 1.165) is 42.5 Å². The standard InChI is InChI=1S/C23H29N5O/c1-4-24-23(25-15-22-26-19-11-7-8-12-20(19)27(22)3)28-13-14-29-21(16-28)18-10-6-5-9-17(18)2/h5-12,21H,4,13-16H2,1-3H3,(H,24,25). The Kier molecular flexibility index (Phi) is 5.81. The van der Waals surface area contributed by atoms with Gasteiger partial charge in [0, 0.05) is 20.1 Å². The first kappa shape index (κ1) is 19.5. The highest BCUT2D eigenvalue weighted by atomic mass is 16.5. The van der Waals surface area contributed by atoms with E-state index in [4.69, 9.17) is 14.7 Å². The molecule has 0 saturated carbocycles. The maximum absolute atomic E-state index is 6.08. The van der Waals surface area contributed by atoms with Crippen LogP contribution in [0.5, 0.6) is 0 Å². The molecule has 0 radical (unpaired) electrons. The summed E-state index contributed by atoms with van der Waals surface area (Å²) in [4.78, 5) is 12.0. The Labute approximate surface area is 172 Å². The third-order valence-electron chi connectivity index (χ3n) is 5.49. The zero-order valence-corrected chi connectivity index (χ0v) is 17.4. The molecule has 0 aliphatic carbocycles. The minimum absolute atomic E-state index is 0.0598. The number of guanidine groups is 1. The first-order valence-corrected chi connectivity index (χ1v) is 10.3. The van der Waals surface area contributed by atoms with E-state index in [0.29, 0.717) is 13.2 Å². The molecule has 152 valence electrons. The van der Waals surface area contributed by atoms with Crippen LogP contribution in [0.15, 0.2) is 53.5 Å². The number of aryl methyl sites for hydroxylation is 2. The van der Waals surface area contributed by atoms with Gasteiger partial charge in [-0.3, -0.25) is 0 Å². The predicted octanol–water partition coefficient (Wildman–Crippen LogP) is 3.42. The van der Waals surface area contributed by atoms with E-state index in [9.17, 15) is 0 Å². The molecule has 1 N–H and O–H groups in total. The molecule has 2 aromatic carbocycles. The molecule has 1 atom stereocenters. The highest BCUT2D eigenvalue weighted by Crippen LogP contribution is 2.25. The van der Waals surface area contributed by atoms with Crippen LogP contribution in [0.25, 0.3) is 11.0 Å². The zero-order chi connectivity index (χ0) is 20.2. The number of imidazole rings is 1. The van der Waals surface area contributed by atoms with Crippen LogP contribution in [-0.4, -0.2) is 46.7 Å².